The first-order valence-electron chi connectivity index (χ1n) is 4.46. The van der Waals surface area contributed by atoms with E-state index in [9.17, 15) is 4.79 Å². The summed E-state index contributed by atoms with van der Waals surface area (Å²) in [7, 11) is 0. The smallest absolute Gasteiger partial charge is 0.243 e. The Morgan fingerprint density at radius 2 is 2.00 bits per heavy atom. The maximum absolute atomic E-state index is 10.4. The van der Waals surface area contributed by atoms with Crippen molar-refractivity contribution in [3.63, 3.8) is 0 Å². The standard InChI is InChI=1S/C10H13ClN2O2/c11-8-3-1-7(2-4-8)9(12)5-15-6-10(13)14/h1-4,9H,5-6,12H2,(H2,13,14). The third kappa shape index (κ3) is 4.29. The molecule has 0 aliphatic rings. The van der Waals surface area contributed by atoms with Gasteiger partial charge in [0.25, 0.3) is 0 Å². The van der Waals surface area contributed by atoms with Gasteiger partial charge in [-0.25, -0.2) is 0 Å². The van der Waals surface area contributed by atoms with Crippen LogP contribution >= 0.6 is 11.6 Å². The third-order valence-electron chi connectivity index (χ3n) is 1.84. The minimum absolute atomic E-state index is 0.110. The van der Waals surface area contributed by atoms with Crippen LogP contribution in [0.2, 0.25) is 5.02 Å². The molecule has 4 N–H and O–H groups in total. The quantitative estimate of drug-likeness (QED) is 0.784. The Hall–Kier alpha value is -1.10. The number of hydrogen-bond donors (Lipinski definition) is 2. The highest BCUT2D eigenvalue weighted by Crippen LogP contribution is 2.14. The molecule has 1 aromatic rings. The van der Waals surface area contributed by atoms with E-state index in [1.165, 1.54) is 0 Å². The number of ether oxygens (including phenoxy) is 1. The summed E-state index contributed by atoms with van der Waals surface area (Å²) in [6.45, 7) is 0.145. The molecule has 82 valence electrons. The Morgan fingerprint density at radius 1 is 1.40 bits per heavy atom. The maximum atomic E-state index is 10.4. The molecule has 0 heterocycles. The van der Waals surface area contributed by atoms with Crippen molar-refractivity contribution in [3.8, 4) is 0 Å². The SMILES string of the molecule is NC(=O)COCC(N)c1ccc(Cl)cc1. The van der Waals surface area contributed by atoms with E-state index in [1.54, 1.807) is 12.1 Å². The molecule has 1 atom stereocenters. The van der Waals surface area contributed by atoms with E-state index < -0.39 is 5.91 Å². The fourth-order valence-electron chi connectivity index (χ4n) is 1.09. The average Bonchev–Trinajstić information content (AvgIpc) is 2.18. The lowest BCUT2D eigenvalue weighted by Gasteiger charge is -2.11. The molecule has 4 nitrogen and oxygen atoms in total. The number of amides is 1. The zero-order valence-electron chi connectivity index (χ0n) is 8.15. The number of rotatable bonds is 5. The van der Waals surface area contributed by atoms with E-state index in [-0.39, 0.29) is 19.3 Å². The van der Waals surface area contributed by atoms with Gasteiger partial charge in [0.1, 0.15) is 6.61 Å². The van der Waals surface area contributed by atoms with Gasteiger partial charge in [0, 0.05) is 5.02 Å². The van der Waals surface area contributed by atoms with Crippen LogP contribution in [0.25, 0.3) is 0 Å². The van der Waals surface area contributed by atoms with Crippen LogP contribution in [0.5, 0.6) is 0 Å². The predicted molar refractivity (Wildman–Crippen MR) is 58.4 cm³/mol. The number of nitrogens with two attached hydrogens (primary N) is 2. The zero-order chi connectivity index (χ0) is 11.3. The summed E-state index contributed by atoms with van der Waals surface area (Å²) in [6, 6.07) is 6.87. The lowest BCUT2D eigenvalue weighted by atomic mass is 10.1. The second kappa shape index (κ2) is 5.70. The molecule has 1 amide bonds. The van der Waals surface area contributed by atoms with Crippen molar-refractivity contribution in [2.45, 2.75) is 6.04 Å². The van der Waals surface area contributed by atoms with Crippen LogP contribution in [-0.4, -0.2) is 19.1 Å². The van der Waals surface area contributed by atoms with Crippen LogP contribution in [0.4, 0.5) is 0 Å². The molecule has 1 aromatic carbocycles. The Morgan fingerprint density at radius 3 is 2.53 bits per heavy atom. The molecule has 1 rings (SSSR count). The van der Waals surface area contributed by atoms with Crippen LogP contribution in [0.15, 0.2) is 24.3 Å². The molecule has 0 saturated heterocycles. The van der Waals surface area contributed by atoms with E-state index in [0.717, 1.165) is 5.56 Å². The summed E-state index contributed by atoms with van der Waals surface area (Å²) in [5, 5.41) is 0.656. The molecular weight excluding hydrogens is 216 g/mol. The fourth-order valence-corrected chi connectivity index (χ4v) is 1.22. The minimum atomic E-state index is -0.502. The largest absolute Gasteiger partial charge is 0.370 e. The van der Waals surface area contributed by atoms with Crippen molar-refractivity contribution in [3.05, 3.63) is 34.9 Å². The predicted octanol–water partition coefficient (Wildman–Crippen LogP) is 0.842. The van der Waals surface area contributed by atoms with E-state index in [0.29, 0.717) is 5.02 Å². The second-order valence-electron chi connectivity index (χ2n) is 3.14. The molecule has 1 unspecified atom stereocenters. The second-order valence-corrected chi connectivity index (χ2v) is 3.58. The highest BCUT2D eigenvalue weighted by atomic mass is 35.5. The fraction of sp³-hybridized carbons (Fsp3) is 0.300. The molecule has 0 spiro atoms. The number of carbonyl (C=O) groups is 1. The molecule has 0 aliphatic carbocycles. The van der Waals surface area contributed by atoms with Crippen molar-refractivity contribution in [2.75, 3.05) is 13.2 Å². The van der Waals surface area contributed by atoms with Crippen molar-refractivity contribution in [2.24, 2.45) is 11.5 Å². The first kappa shape index (κ1) is 12.0. The molecule has 0 bridgehead atoms. The summed E-state index contributed by atoms with van der Waals surface area (Å²) < 4.78 is 5.01. The van der Waals surface area contributed by atoms with Gasteiger partial charge < -0.3 is 16.2 Å². The van der Waals surface area contributed by atoms with Gasteiger partial charge in [0.05, 0.1) is 12.6 Å². The first-order chi connectivity index (χ1) is 7.09. The van der Waals surface area contributed by atoms with Gasteiger partial charge in [-0.1, -0.05) is 23.7 Å². The van der Waals surface area contributed by atoms with Gasteiger partial charge >= 0.3 is 0 Å². The summed E-state index contributed by atoms with van der Waals surface area (Å²) in [5.41, 5.74) is 11.6. The summed E-state index contributed by atoms with van der Waals surface area (Å²) in [5.74, 6) is -0.502. The lowest BCUT2D eigenvalue weighted by molar-refractivity contribution is -0.122. The van der Waals surface area contributed by atoms with Crippen molar-refractivity contribution < 1.29 is 9.53 Å². The number of hydrogen-bond acceptors (Lipinski definition) is 3. The number of halogens is 1. The van der Waals surface area contributed by atoms with Crippen LogP contribution in [-0.2, 0) is 9.53 Å². The Labute approximate surface area is 93.1 Å². The highest BCUT2D eigenvalue weighted by Gasteiger charge is 2.06. The molecule has 0 fully saturated rings. The molecule has 0 aliphatic heterocycles. The van der Waals surface area contributed by atoms with Gasteiger partial charge in [-0.05, 0) is 17.7 Å². The number of benzene rings is 1. The van der Waals surface area contributed by atoms with Crippen molar-refractivity contribution >= 4 is 17.5 Å². The van der Waals surface area contributed by atoms with Crippen LogP contribution in [0.1, 0.15) is 11.6 Å². The molecule has 5 heteroatoms. The van der Waals surface area contributed by atoms with Gasteiger partial charge in [-0.3, -0.25) is 4.79 Å². The van der Waals surface area contributed by atoms with E-state index in [1.807, 2.05) is 12.1 Å². The van der Waals surface area contributed by atoms with Crippen LogP contribution < -0.4 is 11.5 Å². The molecular formula is C10H13ClN2O2. The van der Waals surface area contributed by atoms with Gasteiger partial charge in [0.15, 0.2) is 0 Å². The molecule has 0 aromatic heterocycles. The van der Waals surface area contributed by atoms with E-state index >= 15 is 0 Å². The van der Waals surface area contributed by atoms with E-state index in [4.69, 9.17) is 27.8 Å². The van der Waals surface area contributed by atoms with Crippen molar-refractivity contribution in [1.82, 2.24) is 0 Å². The van der Waals surface area contributed by atoms with Gasteiger partial charge in [-0.15, -0.1) is 0 Å². The Bertz CT molecular complexity index is 327. The minimum Gasteiger partial charge on any atom is -0.370 e. The van der Waals surface area contributed by atoms with Crippen LogP contribution in [0.3, 0.4) is 0 Å². The van der Waals surface area contributed by atoms with Gasteiger partial charge in [0.2, 0.25) is 5.91 Å². The van der Waals surface area contributed by atoms with Gasteiger partial charge in [-0.2, -0.15) is 0 Å². The van der Waals surface area contributed by atoms with Crippen LogP contribution in [0, 0.1) is 0 Å². The molecule has 15 heavy (non-hydrogen) atoms. The number of primary amides is 1. The Kier molecular flexibility index (Phi) is 4.55. The summed E-state index contributed by atoms with van der Waals surface area (Å²) in [4.78, 5) is 10.4. The lowest BCUT2D eigenvalue weighted by Crippen LogP contribution is -2.23. The monoisotopic (exact) mass is 228 g/mol. The number of carbonyl (C=O) groups excluding carboxylic acids is 1. The van der Waals surface area contributed by atoms with E-state index in [2.05, 4.69) is 0 Å². The average molecular weight is 229 g/mol. The zero-order valence-corrected chi connectivity index (χ0v) is 8.91. The Balaban J connectivity index is 2.43. The molecule has 0 saturated carbocycles. The molecule has 0 radical (unpaired) electrons. The summed E-state index contributed by atoms with van der Waals surface area (Å²) >= 11 is 5.73. The van der Waals surface area contributed by atoms with Crippen molar-refractivity contribution in [1.29, 1.82) is 0 Å². The first-order valence-corrected chi connectivity index (χ1v) is 4.84. The highest BCUT2D eigenvalue weighted by molar-refractivity contribution is 6.30. The summed E-state index contributed by atoms with van der Waals surface area (Å²) in [6.07, 6.45) is 0. The topological polar surface area (TPSA) is 78.3 Å². The maximum Gasteiger partial charge on any atom is 0.243 e. The third-order valence-corrected chi connectivity index (χ3v) is 2.09. The normalized spacial score (nSPS) is 12.4.